The van der Waals surface area contributed by atoms with Crippen molar-refractivity contribution in [3.63, 3.8) is 0 Å². The molecule has 2 aromatic rings. The van der Waals surface area contributed by atoms with Crippen LogP contribution in [0.15, 0.2) is 53.0 Å². The van der Waals surface area contributed by atoms with Gasteiger partial charge in [0, 0.05) is 24.7 Å². The molecular weight excluding hydrogens is 512 g/mol. The molecule has 0 N–H and O–H groups in total. The molecule has 4 aliphatic rings. The number of aliphatic imine (C=N–C) groups is 1. The first-order valence-corrected chi connectivity index (χ1v) is 13.5. The van der Waals surface area contributed by atoms with Gasteiger partial charge in [-0.3, -0.25) is 14.7 Å². The second-order valence-corrected chi connectivity index (χ2v) is 10.8. The van der Waals surface area contributed by atoms with Crippen LogP contribution in [0.2, 0.25) is 0 Å². The van der Waals surface area contributed by atoms with Crippen LogP contribution in [0.4, 0.5) is 5.69 Å². The van der Waals surface area contributed by atoms with Crippen molar-refractivity contribution in [3.05, 3.63) is 59.2 Å². The van der Waals surface area contributed by atoms with Gasteiger partial charge in [0.05, 0.1) is 51.1 Å². The van der Waals surface area contributed by atoms with Gasteiger partial charge in [0.15, 0.2) is 11.5 Å². The van der Waals surface area contributed by atoms with E-state index in [2.05, 4.69) is 17.0 Å². The van der Waals surface area contributed by atoms with E-state index >= 15 is 0 Å². The number of fused-ring (bicyclic) bond motifs is 2. The molecule has 0 spiro atoms. The van der Waals surface area contributed by atoms with Crippen molar-refractivity contribution in [1.82, 2.24) is 4.90 Å². The highest BCUT2D eigenvalue weighted by molar-refractivity contribution is 6.11. The zero-order valence-corrected chi connectivity index (χ0v) is 23.5. The van der Waals surface area contributed by atoms with Crippen LogP contribution in [-0.4, -0.2) is 76.7 Å². The number of allylic oxidation sites excluding steroid dienone is 1. The van der Waals surface area contributed by atoms with Gasteiger partial charge in [0.1, 0.15) is 12.0 Å². The van der Waals surface area contributed by atoms with E-state index in [-0.39, 0.29) is 30.1 Å². The van der Waals surface area contributed by atoms with E-state index in [1.54, 1.807) is 12.1 Å². The van der Waals surface area contributed by atoms with Gasteiger partial charge >= 0.3 is 11.9 Å². The van der Waals surface area contributed by atoms with Crippen LogP contribution < -0.4 is 14.2 Å². The highest BCUT2D eigenvalue weighted by Gasteiger charge is 2.74. The second-order valence-electron chi connectivity index (χ2n) is 10.8. The van der Waals surface area contributed by atoms with Gasteiger partial charge in [-0.2, -0.15) is 0 Å². The maximum Gasteiger partial charge on any atom is 0.338 e. The quantitative estimate of drug-likeness (QED) is 0.378. The summed E-state index contributed by atoms with van der Waals surface area (Å²) in [6, 6.07) is 11.3. The number of hydrogen-bond acceptors (Lipinski definition) is 9. The number of benzene rings is 2. The Balaban J connectivity index is 1.49. The smallest absolute Gasteiger partial charge is 0.338 e. The van der Waals surface area contributed by atoms with Crippen LogP contribution in [0.1, 0.15) is 35.7 Å². The molecular formula is C31H34N2O7. The number of carbonyl (C=O) groups excluding carboxylic acids is 2. The van der Waals surface area contributed by atoms with Crippen molar-refractivity contribution in [3.8, 4) is 17.2 Å². The highest BCUT2D eigenvalue weighted by Crippen LogP contribution is 2.66. The summed E-state index contributed by atoms with van der Waals surface area (Å²) < 4.78 is 28.0. The molecule has 0 radical (unpaired) electrons. The van der Waals surface area contributed by atoms with E-state index in [0.29, 0.717) is 30.1 Å². The molecule has 1 saturated carbocycles. The van der Waals surface area contributed by atoms with Crippen molar-refractivity contribution in [1.29, 1.82) is 0 Å². The van der Waals surface area contributed by atoms with E-state index < -0.39 is 16.8 Å². The second kappa shape index (κ2) is 9.66. The Morgan fingerprint density at radius 3 is 2.45 bits per heavy atom. The fourth-order valence-corrected chi connectivity index (χ4v) is 7.77. The molecule has 3 bridgehead atoms. The summed E-state index contributed by atoms with van der Waals surface area (Å²) in [5.41, 5.74) is 2.32. The van der Waals surface area contributed by atoms with Crippen LogP contribution in [0.3, 0.4) is 0 Å². The fraction of sp³-hybridized carbons (Fsp3) is 0.452. The molecule has 3 aliphatic heterocycles. The molecule has 9 nitrogen and oxygen atoms in total. The Bertz CT molecular complexity index is 1420. The summed E-state index contributed by atoms with van der Waals surface area (Å²) in [6.07, 6.45) is 3.50. The third-order valence-electron chi connectivity index (χ3n) is 9.47. The first-order chi connectivity index (χ1) is 19.4. The maximum absolute atomic E-state index is 14.3. The summed E-state index contributed by atoms with van der Waals surface area (Å²) in [4.78, 5) is 35.5. The predicted octanol–water partition coefficient (Wildman–Crippen LogP) is 4.11. The number of hydrogen-bond donors (Lipinski definition) is 0. The number of ether oxygens (including phenoxy) is 5. The molecule has 1 aliphatic carbocycles. The fourth-order valence-electron chi connectivity index (χ4n) is 7.77. The minimum absolute atomic E-state index is 0.124. The molecule has 40 heavy (non-hydrogen) atoms. The van der Waals surface area contributed by atoms with Gasteiger partial charge in [0.2, 0.25) is 5.75 Å². The molecule has 9 heteroatoms. The van der Waals surface area contributed by atoms with Crippen molar-refractivity contribution in [2.24, 2.45) is 16.3 Å². The SMILES string of the molecule is C/C=C1/CN2CC[C@]34C(=Nc5ccccc53)[C@@H]2C[C@H]1[C@]4(COC(=O)c1cc(OC)c(OC)c(OC)c1)C(=O)OC. The number of nitrogens with zero attached hydrogens (tertiary/aromatic N) is 2. The Morgan fingerprint density at radius 1 is 1.07 bits per heavy atom. The zero-order chi connectivity index (χ0) is 28.2. The average molecular weight is 547 g/mol. The molecule has 0 aromatic heterocycles. The van der Waals surface area contributed by atoms with E-state index in [1.807, 2.05) is 25.1 Å². The lowest BCUT2D eigenvalue weighted by Crippen LogP contribution is -2.75. The molecule has 2 saturated heterocycles. The molecule has 4 atom stereocenters. The van der Waals surface area contributed by atoms with Crippen molar-refractivity contribution >= 4 is 23.3 Å². The largest absolute Gasteiger partial charge is 0.493 e. The number of para-hydroxylation sites is 1. The first-order valence-electron chi connectivity index (χ1n) is 13.5. The number of rotatable bonds is 7. The van der Waals surface area contributed by atoms with Gasteiger partial charge in [-0.05, 0) is 43.5 Å². The Hall–Kier alpha value is -3.85. The van der Waals surface area contributed by atoms with Crippen LogP contribution in [-0.2, 0) is 19.7 Å². The van der Waals surface area contributed by atoms with E-state index in [4.69, 9.17) is 28.7 Å². The van der Waals surface area contributed by atoms with E-state index in [1.165, 1.54) is 28.4 Å². The van der Waals surface area contributed by atoms with Crippen molar-refractivity contribution in [2.75, 3.05) is 48.1 Å². The van der Waals surface area contributed by atoms with Gasteiger partial charge in [-0.25, -0.2) is 4.79 Å². The Labute approximate surface area is 233 Å². The Morgan fingerprint density at radius 2 is 1.80 bits per heavy atom. The van der Waals surface area contributed by atoms with Crippen LogP contribution in [0.5, 0.6) is 17.2 Å². The number of piperidine rings is 2. The lowest BCUT2D eigenvalue weighted by molar-refractivity contribution is -0.170. The maximum atomic E-state index is 14.3. The molecule has 6 rings (SSSR count). The van der Waals surface area contributed by atoms with Gasteiger partial charge in [0.25, 0.3) is 0 Å². The molecule has 2 aromatic carbocycles. The summed E-state index contributed by atoms with van der Waals surface area (Å²) in [5.74, 6) is -0.103. The van der Waals surface area contributed by atoms with Crippen LogP contribution in [0, 0.1) is 11.3 Å². The molecule has 0 amide bonds. The summed E-state index contributed by atoms with van der Waals surface area (Å²) in [6.45, 7) is 3.41. The third kappa shape index (κ3) is 3.33. The first kappa shape index (κ1) is 26.4. The molecule has 3 heterocycles. The van der Waals surface area contributed by atoms with Crippen molar-refractivity contribution < 1.29 is 33.3 Å². The third-order valence-corrected chi connectivity index (χ3v) is 9.47. The van der Waals surface area contributed by atoms with Crippen LogP contribution in [0.25, 0.3) is 0 Å². The summed E-state index contributed by atoms with van der Waals surface area (Å²) in [5, 5.41) is 0. The van der Waals surface area contributed by atoms with Crippen molar-refractivity contribution in [2.45, 2.75) is 31.2 Å². The Kier molecular flexibility index (Phi) is 6.37. The molecule has 210 valence electrons. The summed E-state index contributed by atoms with van der Waals surface area (Å²) >= 11 is 0. The van der Waals surface area contributed by atoms with Gasteiger partial charge in [-0.1, -0.05) is 29.8 Å². The number of esters is 2. The van der Waals surface area contributed by atoms with E-state index in [0.717, 1.165) is 35.6 Å². The molecule has 3 fully saturated rings. The number of methoxy groups -OCH3 is 4. The molecule has 0 unspecified atom stereocenters. The lowest BCUT2D eigenvalue weighted by atomic mass is 9.43. The monoisotopic (exact) mass is 546 g/mol. The minimum atomic E-state index is -1.19. The summed E-state index contributed by atoms with van der Waals surface area (Å²) in [7, 11) is 5.89. The van der Waals surface area contributed by atoms with Gasteiger partial charge < -0.3 is 23.7 Å². The predicted molar refractivity (Wildman–Crippen MR) is 148 cm³/mol. The minimum Gasteiger partial charge on any atom is -0.493 e. The highest BCUT2D eigenvalue weighted by atomic mass is 16.6. The topological polar surface area (TPSA) is 95.9 Å². The van der Waals surface area contributed by atoms with E-state index in [9.17, 15) is 9.59 Å². The van der Waals surface area contributed by atoms with Gasteiger partial charge in [-0.15, -0.1) is 0 Å². The average Bonchev–Trinajstić information content (AvgIpc) is 3.36. The lowest BCUT2D eigenvalue weighted by Gasteiger charge is -2.64. The normalized spacial score (nSPS) is 28.8. The zero-order valence-electron chi connectivity index (χ0n) is 23.5. The number of carbonyl (C=O) groups is 2. The van der Waals surface area contributed by atoms with Crippen LogP contribution >= 0.6 is 0 Å². The standard InChI is InChI=1S/C31H34N2O7/c1-6-18-16-33-12-11-30-20-9-7-8-10-22(20)32-27(30)23(33)15-21(18)31(30,29(35)39-5)17-40-28(34)19-13-24(36-2)26(38-4)25(14-19)37-3/h6-10,13-14,21,23H,11-12,15-17H2,1-5H3/b18-6-/t21-,23+,30-,31-/m1/s1.